The van der Waals surface area contributed by atoms with E-state index in [1.807, 2.05) is 16.8 Å². The standard InChI is InChI=1S/C14H8F2N2OS/c15-11-1-2-13(12(16)5-11)18-6-10(7-19)14(17-18)9-3-4-20-8-9/h1-8H. The molecule has 0 aliphatic heterocycles. The first kappa shape index (κ1) is 12.7. The molecule has 0 atom stereocenters. The van der Waals surface area contributed by atoms with Gasteiger partial charge < -0.3 is 0 Å². The van der Waals surface area contributed by atoms with Gasteiger partial charge in [-0.1, -0.05) is 0 Å². The first-order valence-electron chi connectivity index (χ1n) is 5.72. The largest absolute Gasteiger partial charge is 0.298 e. The lowest BCUT2D eigenvalue weighted by molar-refractivity contribution is 0.112. The van der Waals surface area contributed by atoms with Crippen LogP contribution in [0.25, 0.3) is 16.9 Å². The molecule has 0 aliphatic rings. The smallest absolute Gasteiger partial charge is 0.153 e. The van der Waals surface area contributed by atoms with E-state index in [9.17, 15) is 13.6 Å². The van der Waals surface area contributed by atoms with Crippen molar-refractivity contribution in [2.45, 2.75) is 0 Å². The Labute approximate surface area is 117 Å². The van der Waals surface area contributed by atoms with Crippen LogP contribution in [0.15, 0.2) is 41.2 Å². The highest BCUT2D eigenvalue weighted by Crippen LogP contribution is 2.25. The van der Waals surface area contributed by atoms with Gasteiger partial charge in [0.05, 0.1) is 5.56 Å². The highest BCUT2D eigenvalue weighted by Gasteiger charge is 2.14. The summed E-state index contributed by atoms with van der Waals surface area (Å²) in [6.45, 7) is 0. The summed E-state index contributed by atoms with van der Waals surface area (Å²) in [6.07, 6.45) is 2.09. The van der Waals surface area contributed by atoms with E-state index < -0.39 is 11.6 Å². The van der Waals surface area contributed by atoms with E-state index in [0.29, 0.717) is 17.5 Å². The number of aromatic nitrogens is 2. The van der Waals surface area contributed by atoms with Crippen molar-refractivity contribution < 1.29 is 13.6 Å². The van der Waals surface area contributed by atoms with Gasteiger partial charge in [-0.25, -0.2) is 13.5 Å². The molecule has 3 nitrogen and oxygen atoms in total. The van der Waals surface area contributed by atoms with Crippen molar-refractivity contribution in [1.82, 2.24) is 9.78 Å². The molecule has 0 unspecified atom stereocenters. The van der Waals surface area contributed by atoms with Crippen LogP contribution in [0.1, 0.15) is 10.4 Å². The Bertz CT molecular complexity index is 766. The molecule has 2 aromatic heterocycles. The fourth-order valence-corrected chi connectivity index (χ4v) is 2.53. The minimum atomic E-state index is -0.734. The molecule has 0 spiro atoms. The Morgan fingerprint density at radius 1 is 1.25 bits per heavy atom. The second kappa shape index (κ2) is 4.97. The second-order valence-electron chi connectivity index (χ2n) is 4.10. The fourth-order valence-electron chi connectivity index (χ4n) is 1.89. The SMILES string of the molecule is O=Cc1cn(-c2ccc(F)cc2F)nc1-c1ccsc1. The van der Waals surface area contributed by atoms with Crippen LogP contribution in [0.3, 0.4) is 0 Å². The number of nitrogens with zero attached hydrogens (tertiary/aromatic N) is 2. The molecular weight excluding hydrogens is 282 g/mol. The number of rotatable bonds is 3. The summed E-state index contributed by atoms with van der Waals surface area (Å²) < 4.78 is 27.9. The molecule has 0 bridgehead atoms. The van der Waals surface area contributed by atoms with Gasteiger partial charge in [-0.15, -0.1) is 0 Å². The van der Waals surface area contributed by atoms with E-state index in [0.717, 1.165) is 17.7 Å². The number of benzene rings is 1. The minimum absolute atomic E-state index is 0.0935. The lowest BCUT2D eigenvalue weighted by atomic mass is 10.2. The van der Waals surface area contributed by atoms with Gasteiger partial charge in [-0.2, -0.15) is 16.4 Å². The molecule has 100 valence electrons. The number of halogens is 2. The summed E-state index contributed by atoms with van der Waals surface area (Å²) in [5, 5.41) is 7.92. The zero-order valence-corrected chi connectivity index (χ0v) is 10.9. The van der Waals surface area contributed by atoms with Gasteiger partial charge >= 0.3 is 0 Å². The molecule has 0 N–H and O–H groups in total. The monoisotopic (exact) mass is 290 g/mol. The number of hydrogen-bond donors (Lipinski definition) is 0. The molecule has 0 radical (unpaired) electrons. The molecule has 0 saturated heterocycles. The van der Waals surface area contributed by atoms with Crippen LogP contribution in [0.4, 0.5) is 8.78 Å². The Hall–Kier alpha value is -2.34. The molecule has 20 heavy (non-hydrogen) atoms. The molecule has 0 saturated carbocycles. The third kappa shape index (κ3) is 2.14. The predicted molar refractivity (Wildman–Crippen MR) is 72.2 cm³/mol. The minimum Gasteiger partial charge on any atom is -0.298 e. The van der Waals surface area contributed by atoms with Crippen LogP contribution in [0.2, 0.25) is 0 Å². The molecule has 0 fully saturated rings. The van der Waals surface area contributed by atoms with E-state index >= 15 is 0 Å². The summed E-state index contributed by atoms with van der Waals surface area (Å²) in [6, 6.07) is 5.03. The Morgan fingerprint density at radius 2 is 2.10 bits per heavy atom. The topological polar surface area (TPSA) is 34.9 Å². The zero-order chi connectivity index (χ0) is 14.1. The van der Waals surface area contributed by atoms with Crippen molar-refractivity contribution >= 4 is 17.6 Å². The Balaban J connectivity index is 2.14. The van der Waals surface area contributed by atoms with Gasteiger partial charge in [0, 0.05) is 23.2 Å². The van der Waals surface area contributed by atoms with Gasteiger partial charge in [0.25, 0.3) is 0 Å². The van der Waals surface area contributed by atoms with Gasteiger partial charge in [0.1, 0.15) is 17.2 Å². The fraction of sp³-hybridized carbons (Fsp3) is 0. The number of carbonyl (C=O) groups excluding carboxylic acids is 1. The van der Waals surface area contributed by atoms with Crippen LogP contribution in [0.5, 0.6) is 0 Å². The van der Waals surface area contributed by atoms with Gasteiger partial charge in [0.2, 0.25) is 0 Å². The third-order valence-corrected chi connectivity index (χ3v) is 3.50. The second-order valence-corrected chi connectivity index (χ2v) is 4.88. The lowest BCUT2D eigenvalue weighted by Gasteiger charge is -2.02. The average molecular weight is 290 g/mol. The molecule has 0 aliphatic carbocycles. The van der Waals surface area contributed by atoms with Crippen LogP contribution >= 0.6 is 11.3 Å². The predicted octanol–water partition coefficient (Wildman–Crippen LogP) is 3.69. The molecule has 6 heteroatoms. The van der Waals surface area contributed by atoms with Crippen molar-refractivity contribution in [3.05, 3.63) is 58.4 Å². The maximum Gasteiger partial charge on any atom is 0.153 e. The van der Waals surface area contributed by atoms with E-state index in [-0.39, 0.29) is 5.69 Å². The normalized spacial score (nSPS) is 10.7. The maximum absolute atomic E-state index is 13.7. The first-order chi connectivity index (χ1) is 9.69. The third-order valence-electron chi connectivity index (χ3n) is 2.82. The summed E-state index contributed by atoms with van der Waals surface area (Å²) in [5.74, 6) is -1.39. The number of thiophene rings is 1. The summed E-state index contributed by atoms with van der Waals surface area (Å²) in [7, 11) is 0. The van der Waals surface area contributed by atoms with Crippen molar-refractivity contribution in [2.24, 2.45) is 0 Å². The van der Waals surface area contributed by atoms with E-state index in [1.165, 1.54) is 28.3 Å². The summed E-state index contributed by atoms with van der Waals surface area (Å²) in [4.78, 5) is 11.1. The zero-order valence-electron chi connectivity index (χ0n) is 10.1. The average Bonchev–Trinajstić information content (AvgIpc) is 3.07. The quantitative estimate of drug-likeness (QED) is 0.689. The molecule has 2 heterocycles. The molecule has 0 amide bonds. The van der Waals surface area contributed by atoms with Crippen molar-refractivity contribution in [3.8, 4) is 16.9 Å². The number of carbonyl (C=O) groups is 1. The Morgan fingerprint density at radius 3 is 2.75 bits per heavy atom. The van der Waals surface area contributed by atoms with Crippen LogP contribution in [-0.2, 0) is 0 Å². The molecular formula is C14H8F2N2OS. The van der Waals surface area contributed by atoms with Crippen LogP contribution in [-0.4, -0.2) is 16.1 Å². The van der Waals surface area contributed by atoms with E-state index in [4.69, 9.17) is 0 Å². The van der Waals surface area contributed by atoms with E-state index in [1.54, 1.807) is 0 Å². The van der Waals surface area contributed by atoms with Crippen molar-refractivity contribution in [3.63, 3.8) is 0 Å². The number of aldehydes is 1. The Kier molecular flexibility index (Phi) is 3.15. The number of hydrogen-bond acceptors (Lipinski definition) is 3. The molecule has 1 aromatic carbocycles. The van der Waals surface area contributed by atoms with Gasteiger partial charge in [-0.3, -0.25) is 4.79 Å². The molecule has 3 aromatic rings. The van der Waals surface area contributed by atoms with Crippen molar-refractivity contribution in [2.75, 3.05) is 0 Å². The lowest BCUT2D eigenvalue weighted by Crippen LogP contribution is -1.99. The highest BCUT2D eigenvalue weighted by atomic mass is 32.1. The summed E-state index contributed by atoms with van der Waals surface area (Å²) in [5.41, 5.74) is 1.71. The highest BCUT2D eigenvalue weighted by molar-refractivity contribution is 7.08. The summed E-state index contributed by atoms with van der Waals surface area (Å²) >= 11 is 1.47. The van der Waals surface area contributed by atoms with Gasteiger partial charge in [-0.05, 0) is 23.6 Å². The molecule has 3 rings (SSSR count). The van der Waals surface area contributed by atoms with Crippen molar-refractivity contribution in [1.29, 1.82) is 0 Å². The van der Waals surface area contributed by atoms with E-state index in [2.05, 4.69) is 5.10 Å². The van der Waals surface area contributed by atoms with Crippen LogP contribution in [0, 0.1) is 11.6 Å². The maximum atomic E-state index is 13.7. The van der Waals surface area contributed by atoms with Crippen LogP contribution < -0.4 is 0 Å². The first-order valence-corrected chi connectivity index (χ1v) is 6.66. The van der Waals surface area contributed by atoms with Gasteiger partial charge in [0.15, 0.2) is 12.1 Å².